The van der Waals surface area contributed by atoms with Crippen LogP contribution in [0.15, 0.2) is 18.2 Å². The zero-order valence-electron chi connectivity index (χ0n) is 9.36. The Morgan fingerprint density at radius 3 is 2.59 bits per heavy atom. The molecule has 0 atom stereocenters. The molecule has 0 saturated carbocycles. The Bertz CT molecular complexity index is 549. The Morgan fingerprint density at radius 2 is 2.06 bits per heavy atom. The van der Waals surface area contributed by atoms with Crippen molar-refractivity contribution in [3.8, 4) is 6.07 Å². The summed E-state index contributed by atoms with van der Waals surface area (Å²) in [6.07, 6.45) is 0. The van der Waals surface area contributed by atoms with Gasteiger partial charge in [0, 0.05) is 6.04 Å². The first-order chi connectivity index (χ1) is 7.84. The molecule has 0 aliphatic rings. The first kappa shape index (κ1) is 13.8. The van der Waals surface area contributed by atoms with E-state index in [1.54, 1.807) is 13.8 Å². The molecule has 0 unspecified atom stereocenters. The van der Waals surface area contributed by atoms with Gasteiger partial charge in [0.1, 0.15) is 0 Å². The number of benzene rings is 1. The molecule has 2 N–H and O–H groups in total. The van der Waals surface area contributed by atoms with Crippen LogP contribution in [-0.4, -0.2) is 14.5 Å². The monoisotopic (exact) mass is 273 g/mol. The normalized spacial score (nSPS) is 11.2. The van der Waals surface area contributed by atoms with Crippen molar-refractivity contribution in [1.29, 1.82) is 5.26 Å². The van der Waals surface area contributed by atoms with E-state index in [-0.39, 0.29) is 16.8 Å². The Labute approximate surface area is 106 Å². The van der Waals surface area contributed by atoms with Crippen LogP contribution < -0.4 is 9.44 Å². The summed E-state index contributed by atoms with van der Waals surface area (Å²) in [4.78, 5) is 0. The molecule has 1 aromatic carbocycles. The third-order valence-electron chi connectivity index (χ3n) is 1.73. The quantitative estimate of drug-likeness (QED) is 0.878. The van der Waals surface area contributed by atoms with Gasteiger partial charge < -0.3 is 0 Å². The molecule has 0 amide bonds. The lowest BCUT2D eigenvalue weighted by atomic mass is 10.2. The van der Waals surface area contributed by atoms with Crippen LogP contribution in [0.3, 0.4) is 0 Å². The summed E-state index contributed by atoms with van der Waals surface area (Å²) in [6, 6.07) is 6.03. The largest absolute Gasteiger partial charge is 0.299 e. The molecule has 0 spiro atoms. The average molecular weight is 274 g/mol. The van der Waals surface area contributed by atoms with Crippen LogP contribution in [0.4, 0.5) is 5.69 Å². The highest BCUT2D eigenvalue weighted by atomic mass is 35.5. The molecular weight excluding hydrogens is 262 g/mol. The van der Waals surface area contributed by atoms with Crippen LogP contribution in [0.5, 0.6) is 0 Å². The number of nitriles is 1. The highest BCUT2D eigenvalue weighted by Crippen LogP contribution is 2.23. The Morgan fingerprint density at radius 1 is 1.41 bits per heavy atom. The Kier molecular flexibility index (Phi) is 4.34. The van der Waals surface area contributed by atoms with Crippen molar-refractivity contribution in [3.05, 3.63) is 28.8 Å². The van der Waals surface area contributed by atoms with Gasteiger partial charge in [-0.25, -0.2) is 0 Å². The fraction of sp³-hybridized carbons (Fsp3) is 0.300. The van der Waals surface area contributed by atoms with Gasteiger partial charge in [-0.1, -0.05) is 11.6 Å². The maximum atomic E-state index is 11.6. The highest BCUT2D eigenvalue weighted by molar-refractivity contribution is 7.90. The molecule has 0 radical (unpaired) electrons. The van der Waals surface area contributed by atoms with E-state index in [0.717, 1.165) is 0 Å². The minimum Gasteiger partial charge on any atom is -0.270 e. The third-order valence-corrected chi connectivity index (χ3v) is 3.33. The number of hydrogen-bond acceptors (Lipinski definition) is 3. The van der Waals surface area contributed by atoms with Gasteiger partial charge >= 0.3 is 0 Å². The molecule has 0 aromatic heterocycles. The highest BCUT2D eigenvalue weighted by Gasteiger charge is 2.13. The van der Waals surface area contributed by atoms with Gasteiger partial charge in [0.15, 0.2) is 0 Å². The van der Waals surface area contributed by atoms with Gasteiger partial charge in [0.05, 0.1) is 22.3 Å². The molecule has 7 heteroatoms. The molecule has 1 rings (SSSR count). The second kappa shape index (κ2) is 5.36. The van der Waals surface area contributed by atoms with Crippen LogP contribution in [-0.2, 0) is 10.2 Å². The lowest BCUT2D eigenvalue weighted by Crippen LogP contribution is -2.35. The average Bonchev–Trinajstić information content (AvgIpc) is 2.19. The molecule has 0 fully saturated rings. The van der Waals surface area contributed by atoms with Crippen LogP contribution in [0.25, 0.3) is 0 Å². The maximum absolute atomic E-state index is 11.6. The molecule has 1 aromatic rings. The van der Waals surface area contributed by atoms with Crippen molar-refractivity contribution < 1.29 is 8.42 Å². The second-order valence-corrected chi connectivity index (χ2v) is 5.54. The van der Waals surface area contributed by atoms with Gasteiger partial charge in [-0.2, -0.15) is 18.4 Å². The molecule has 17 heavy (non-hydrogen) atoms. The summed E-state index contributed by atoms with van der Waals surface area (Å²) in [7, 11) is -3.68. The first-order valence-electron chi connectivity index (χ1n) is 4.84. The van der Waals surface area contributed by atoms with Crippen LogP contribution in [0, 0.1) is 11.3 Å². The van der Waals surface area contributed by atoms with Crippen molar-refractivity contribution in [3.63, 3.8) is 0 Å². The fourth-order valence-corrected chi connectivity index (χ4v) is 2.52. The Balaban J connectivity index is 2.99. The summed E-state index contributed by atoms with van der Waals surface area (Å²) in [6.45, 7) is 3.40. The van der Waals surface area contributed by atoms with E-state index in [1.165, 1.54) is 18.2 Å². The van der Waals surface area contributed by atoms with Crippen molar-refractivity contribution in [1.82, 2.24) is 4.72 Å². The van der Waals surface area contributed by atoms with Gasteiger partial charge in [-0.3, -0.25) is 4.72 Å². The van der Waals surface area contributed by atoms with Gasteiger partial charge in [-0.05, 0) is 32.0 Å². The standard InChI is InChI=1S/C10H12ClN3O2S/c1-7(2)13-17(15,16)14-10-5-8(6-12)3-4-9(10)11/h3-5,7,13-14H,1-2H3. The number of anilines is 1. The predicted molar refractivity (Wildman–Crippen MR) is 67.0 cm³/mol. The number of rotatable bonds is 4. The van der Waals surface area contributed by atoms with E-state index in [1.807, 2.05) is 6.07 Å². The zero-order chi connectivity index (χ0) is 13.1. The maximum Gasteiger partial charge on any atom is 0.299 e. The lowest BCUT2D eigenvalue weighted by molar-refractivity contribution is 0.575. The lowest BCUT2D eigenvalue weighted by Gasteiger charge is -2.12. The van der Waals surface area contributed by atoms with E-state index < -0.39 is 10.2 Å². The minimum atomic E-state index is -3.68. The van der Waals surface area contributed by atoms with Gasteiger partial charge in [0.25, 0.3) is 10.2 Å². The van der Waals surface area contributed by atoms with Crippen molar-refractivity contribution in [2.45, 2.75) is 19.9 Å². The van der Waals surface area contributed by atoms with Crippen molar-refractivity contribution in [2.75, 3.05) is 4.72 Å². The molecule has 0 aliphatic carbocycles. The smallest absolute Gasteiger partial charge is 0.270 e. The summed E-state index contributed by atoms with van der Waals surface area (Å²) in [5.74, 6) is 0. The molecular formula is C10H12ClN3O2S. The number of nitrogens with one attached hydrogen (secondary N) is 2. The van der Waals surface area contributed by atoms with Gasteiger partial charge in [0.2, 0.25) is 0 Å². The molecule has 0 aliphatic heterocycles. The van der Waals surface area contributed by atoms with E-state index in [9.17, 15) is 8.42 Å². The van der Waals surface area contributed by atoms with E-state index >= 15 is 0 Å². The van der Waals surface area contributed by atoms with Crippen LogP contribution >= 0.6 is 11.6 Å². The predicted octanol–water partition coefficient (Wildman–Crippen LogP) is 1.87. The zero-order valence-corrected chi connectivity index (χ0v) is 10.9. The second-order valence-electron chi connectivity index (χ2n) is 3.68. The fourth-order valence-electron chi connectivity index (χ4n) is 1.16. The van der Waals surface area contributed by atoms with Gasteiger partial charge in [-0.15, -0.1) is 0 Å². The number of halogens is 1. The van der Waals surface area contributed by atoms with Crippen molar-refractivity contribution in [2.24, 2.45) is 0 Å². The molecule has 5 nitrogen and oxygen atoms in total. The van der Waals surface area contributed by atoms with E-state index in [0.29, 0.717) is 5.56 Å². The summed E-state index contributed by atoms with van der Waals surface area (Å²) in [5, 5.41) is 8.95. The molecule has 0 heterocycles. The molecule has 0 saturated heterocycles. The third kappa shape index (κ3) is 4.23. The minimum absolute atomic E-state index is 0.180. The van der Waals surface area contributed by atoms with E-state index in [4.69, 9.17) is 16.9 Å². The summed E-state index contributed by atoms with van der Waals surface area (Å²) >= 11 is 5.83. The number of hydrogen-bond donors (Lipinski definition) is 2. The number of nitrogens with zero attached hydrogens (tertiary/aromatic N) is 1. The molecule has 0 bridgehead atoms. The van der Waals surface area contributed by atoms with Crippen molar-refractivity contribution >= 4 is 27.5 Å². The summed E-state index contributed by atoms with van der Waals surface area (Å²) < 4.78 is 27.8. The van der Waals surface area contributed by atoms with E-state index in [2.05, 4.69) is 9.44 Å². The molecule has 92 valence electrons. The topological polar surface area (TPSA) is 82.0 Å². The summed E-state index contributed by atoms with van der Waals surface area (Å²) in [5.41, 5.74) is 0.510. The first-order valence-corrected chi connectivity index (χ1v) is 6.70. The van der Waals surface area contributed by atoms with Crippen LogP contribution in [0.2, 0.25) is 5.02 Å². The van der Waals surface area contributed by atoms with Crippen LogP contribution in [0.1, 0.15) is 19.4 Å². The Hall–Kier alpha value is -1.29. The SMILES string of the molecule is CC(C)NS(=O)(=O)Nc1cc(C#N)ccc1Cl.